The molecule has 0 aliphatic carbocycles. The minimum Gasteiger partial charge on any atom is -0.496 e. The van der Waals surface area contributed by atoms with E-state index in [0.717, 1.165) is 29.7 Å². The van der Waals surface area contributed by atoms with Crippen molar-refractivity contribution in [2.24, 2.45) is 5.41 Å². The van der Waals surface area contributed by atoms with Gasteiger partial charge in [-0.3, -0.25) is 4.79 Å². The topological polar surface area (TPSA) is 46.5 Å². The van der Waals surface area contributed by atoms with E-state index in [2.05, 4.69) is 6.92 Å². The Labute approximate surface area is 122 Å². The van der Waals surface area contributed by atoms with E-state index in [1.807, 2.05) is 32.0 Å². The standard InChI is InChI=1S/C17H26O3/c1-5-7-10-17(6-2,16(18)19)12-14-11-13(3)8-9-15(14)20-4/h8-9,11H,5-7,10,12H2,1-4H3,(H,18,19). The number of rotatable bonds is 8. The van der Waals surface area contributed by atoms with Crippen LogP contribution >= 0.6 is 0 Å². The zero-order valence-electron chi connectivity index (χ0n) is 13.0. The van der Waals surface area contributed by atoms with Crippen molar-refractivity contribution in [3.05, 3.63) is 29.3 Å². The van der Waals surface area contributed by atoms with Crippen LogP contribution in [-0.4, -0.2) is 18.2 Å². The van der Waals surface area contributed by atoms with E-state index in [1.54, 1.807) is 7.11 Å². The van der Waals surface area contributed by atoms with Gasteiger partial charge in [-0.2, -0.15) is 0 Å². The predicted molar refractivity (Wildman–Crippen MR) is 81.3 cm³/mol. The van der Waals surface area contributed by atoms with Gasteiger partial charge in [0.2, 0.25) is 0 Å². The zero-order valence-corrected chi connectivity index (χ0v) is 13.0. The molecule has 0 fully saturated rings. The maximum absolute atomic E-state index is 11.8. The second kappa shape index (κ2) is 7.32. The Morgan fingerprint density at radius 2 is 2.05 bits per heavy atom. The average Bonchev–Trinajstić information content (AvgIpc) is 2.43. The van der Waals surface area contributed by atoms with E-state index >= 15 is 0 Å². The smallest absolute Gasteiger partial charge is 0.309 e. The lowest BCUT2D eigenvalue weighted by atomic mass is 9.75. The summed E-state index contributed by atoms with van der Waals surface area (Å²) < 4.78 is 5.38. The number of carboxylic acid groups (broad SMARTS) is 1. The van der Waals surface area contributed by atoms with Gasteiger partial charge in [-0.25, -0.2) is 0 Å². The van der Waals surface area contributed by atoms with E-state index < -0.39 is 11.4 Å². The fourth-order valence-corrected chi connectivity index (χ4v) is 2.65. The number of aliphatic carboxylic acids is 1. The van der Waals surface area contributed by atoms with Crippen LogP contribution in [0.2, 0.25) is 0 Å². The van der Waals surface area contributed by atoms with Crippen LogP contribution in [0.5, 0.6) is 5.75 Å². The molecule has 0 aliphatic rings. The SMILES string of the molecule is CCCCC(CC)(Cc1cc(C)ccc1OC)C(=O)O. The Morgan fingerprint density at radius 1 is 1.35 bits per heavy atom. The molecule has 0 saturated heterocycles. The molecule has 0 heterocycles. The minimum absolute atomic E-state index is 0.531. The highest BCUT2D eigenvalue weighted by Gasteiger charge is 2.36. The molecule has 0 amide bonds. The first-order valence-corrected chi connectivity index (χ1v) is 7.36. The Kier molecular flexibility index (Phi) is 6.05. The molecule has 112 valence electrons. The lowest BCUT2D eigenvalue weighted by Crippen LogP contribution is -2.33. The molecule has 3 heteroatoms. The second-order valence-electron chi connectivity index (χ2n) is 5.53. The molecule has 0 radical (unpaired) electrons. The molecule has 0 bridgehead atoms. The van der Waals surface area contributed by atoms with Crippen LogP contribution in [0.15, 0.2) is 18.2 Å². The number of benzene rings is 1. The van der Waals surface area contributed by atoms with Gasteiger partial charge in [0.05, 0.1) is 12.5 Å². The molecule has 0 aromatic heterocycles. The fraction of sp³-hybridized carbons (Fsp3) is 0.588. The van der Waals surface area contributed by atoms with E-state index in [-0.39, 0.29) is 0 Å². The lowest BCUT2D eigenvalue weighted by molar-refractivity contribution is -0.149. The van der Waals surface area contributed by atoms with Gasteiger partial charge >= 0.3 is 5.97 Å². The van der Waals surface area contributed by atoms with Gasteiger partial charge in [-0.15, -0.1) is 0 Å². The Morgan fingerprint density at radius 3 is 2.55 bits per heavy atom. The summed E-state index contributed by atoms with van der Waals surface area (Å²) in [5.74, 6) is 0.0863. The molecule has 1 aromatic rings. The number of ether oxygens (including phenoxy) is 1. The first-order chi connectivity index (χ1) is 9.49. The van der Waals surface area contributed by atoms with Gasteiger partial charge in [-0.1, -0.05) is 44.4 Å². The minimum atomic E-state index is -0.697. The van der Waals surface area contributed by atoms with Gasteiger partial charge in [-0.05, 0) is 37.8 Å². The summed E-state index contributed by atoms with van der Waals surface area (Å²) in [4.78, 5) is 11.8. The lowest BCUT2D eigenvalue weighted by Gasteiger charge is -2.29. The molecular weight excluding hydrogens is 252 g/mol. The van der Waals surface area contributed by atoms with E-state index in [4.69, 9.17) is 4.74 Å². The van der Waals surface area contributed by atoms with Crippen LogP contribution in [-0.2, 0) is 11.2 Å². The van der Waals surface area contributed by atoms with Crippen molar-refractivity contribution in [3.8, 4) is 5.75 Å². The first kappa shape index (κ1) is 16.5. The fourth-order valence-electron chi connectivity index (χ4n) is 2.65. The molecule has 1 aromatic carbocycles. The summed E-state index contributed by atoms with van der Waals surface area (Å²) in [6, 6.07) is 5.95. The molecular formula is C17H26O3. The van der Waals surface area contributed by atoms with Crippen LogP contribution in [0.25, 0.3) is 0 Å². The Bertz CT molecular complexity index is 454. The maximum atomic E-state index is 11.8. The number of hydrogen-bond acceptors (Lipinski definition) is 2. The Balaban J connectivity index is 3.11. The summed E-state index contributed by atoms with van der Waals surface area (Å²) in [6.07, 6.45) is 3.84. The molecule has 0 aliphatic heterocycles. The van der Waals surface area contributed by atoms with Crippen LogP contribution < -0.4 is 4.74 Å². The number of aryl methyl sites for hydroxylation is 1. The average molecular weight is 278 g/mol. The van der Waals surface area contributed by atoms with E-state index in [9.17, 15) is 9.90 Å². The molecule has 1 unspecified atom stereocenters. The third-order valence-corrected chi connectivity index (χ3v) is 4.10. The molecule has 1 atom stereocenters. The summed E-state index contributed by atoms with van der Waals surface area (Å²) >= 11 is 0. The first-order valence-electron chi connectivity index (χ1n) is 7.36. The van der Waals surface area contributed by atoms with Crippen LogP contribution in [0, 0.1) is 12.3 Å². The van der Waals surface area contributed by atoms with Gasteiger partial charge in [0, 0.05) is 0 Å². The van der Waals surface area contributed by atoms with Gasteiger partial charge in [0.1, 0.15) is 5.75 Å². The monoisotopic (exact) mass is 278 g/mol. The number of unbranched alkanes of at least 4 members (excludes halogenated alkanes) is 1. The van der Waals surface area contributed by atoms with Crippen molar-refractivity contribution in [2.45, 2.75) is 52.9 Å². The van der Waals surface area contributed by atoms with E-state index in [1.165, 1.54) is 0 Å². The Hall–Kier alpha value is -1.51. The van der Waals surface area contributed by atoms with Crippen LogP contribution in [0.3, 0.4) is 0 Å². The van der Waals surface area contributed by atoms with Crippen molar-refractivity contribution >= 4 is 5.97 Å². The van der Waals surface area contributed by atoms with Crippen LogP contribution in [0.4, 0.5) is 0 Å². The van der Waals surface area contributed by atoms with Crippen LogP contribution in [0.1, 0.15) is 50.7 Å². The van der Waals surface area contributed by atoms with Crippen molar-refractivity contribution in [2.75, 3.05) is 7.11 Å². The van der Waals surface area contributed by atoms with Crippen molar-refractivity contribution < 1.29 is 14.6 Å². The highest BCUT2D eigenvalue weighted by Crippen LogP contribution is 2.36. The highest BCUT2D eigenvalue weighted by molar-refractivity contribution is 5.75. The third kappa shape index (κ3) is 3.75. The summed E-state index contributed by atoms with van der Waals surface area (Å²) in [7, 11) is 1.63. The molecule has 0 saturated carbocycles. The van der Waals surface area contributed by atoms with E-state index in [0.29, 0.717) is 19.3 Å². The highest BCUT2D eigenvalue weighted by atomic mass is 16.5. The summed E-state index contributed by atoms with van der Waals surface area (Å²) in [6.45, 7) is 6.07. The van der Waals surface area contributed by atoms with Crippen molar-refractivity contribution in [1.29, 1.82) is 0 Å². The normalized spacial score (nSPS) is 13.8. The molecule has 1 N–H and O–H groups in total. The van der Waals surface area contributed by atoms with Gasteiger partial charge in [0.15, 0.2) is 0 Å². The number of carboxylic acids is 1. The number of methoxy groups -OCH3 is 1. The molecule has 20 heavy (non-hydrogen) atoms. The van der Waals surface area contributed by atoms with Crippen molar-refractivity contribution in [3.63, 3.8) is 0 Å². The number of carbonyl (C=O) groups is 1. The molecule has 1 rings (SSSR count). The predicted octanol–water partition coefficient (Wildman–Crippen LogP) is 4.22. The van der Waals surface area contributed by atoms with Gasteiger partial charge < -0.3 is 9.84 Å². The zero-order chi connectivity index (χ0) is 15.2. The second-order valence-corrected chi connectivity index (χ2v) is 5.53. The third-order valence-electron chi connectivity index (χ3n) is 4.10. The quantitative estimate of drug-likeness (QED) is 0.774. The van der Waals surface area contributed by atoms with Crippen molar-refractivity contribution in [1.82, 2.24) is 0 Å². The molecule has 3 nitrogen and oxygen atoms in total. The number of hydrogen-bond donors (Lipinski definition) is 1. The maximum Gasteiger partial charge on any atom is 0.309 e. The van der Waals surface area contributed by atoms with Gasteiger partial charge in [0.25, 0.3) is 0 Å². The largest absolute Gasteiger partial charge is 0.496 e. The summed E-state index contributed by atoms with van der Waals surface area (Å²) in [5, 5.41) is 9.70. The summed E-state index contributed by atoms with van der Waals surface area (Å²) in [5.41, 5.74) is 1.44. The molecule has 0 spiro atoms.